The Bertz CT molecular complexity index is 220. The van der Waals surface area contributed by atoms with E-state index in [1.54, 1.807) is 12.1 Å². The fraction of sp³-hybridized carbons (Fsp3) is 0.143. The van der Waals surface area contributed by atoms with Crippen molar-refractivity contribution in [3.05, 3.63) is 29.5 Å². The molecule has 0 aromatic heterocycles. The van der Waals surface area contributed by atoms with Gasteiger partial charge in [0.15, 0.2) is 5.69 Å². The number of benzene rings is 1. The predicted octanol–water partition coefficient (Wildman–Crippen LogP) is 0.0986. The smallest absolute Gasteiger partial charge is 0.164 e. The second-order valence-electron chi connectivity index (χ2n) is 2.03. The van der Waals surface area contributed by atoms with Crippen molar-refractivity contribution in [2.24, 2.45) is 0 Å². The number of hydrogen-bond acceptors (Lipinski definition) is 3. The van der Waals surface area contributed by atoms with Gasteiger partial charge >= 0.3 is 0 Å². The largest absolute Gasteiger partial charge is 0.595 e. The summed E-state index contributed by atoms with van der Waals surface area (Å²) in [6.07, 6.45) is 0. The van der Waals surface area contributed by atoms with Crippen LogP contribution in [0.4, 0.5) is 5.69 Å². The molecule has 60 valence electrons. The van der Waals surface area contributed by atoms with Crippen LogP contribution in [0.15, 0.2) is 24.3 Å². The van der Waals surface area contributed by atoms with E-state index in [4.69, 9.17) is 9.94 Å². The van der Waals surface area contributed by atoms with Crippen LogP contribution in [0.5, 0.6) is 5.75 Å². The quantitative estimate of drug-likeness (QED) is 0.595. The monoisotopic (exact) mass is 155 g/mol. The highest BCUT2D eigenvalue weighted by molar-refractivity contribution is 5.35. The van der Waals surface area contributed by atoms with E-state index in [0.29, 0.717) is 5.75 Å². The standard InChI is InChI=1S/C7H9NO3/c1-11-7-4-2-6(3-5-7)8(9)10/h2-5,8-9H,1H3. The molecule has 0 aliphatic carbocycles. The summed E-state index contributed by atoms with van der Waals surface area (Å²) in [4.78, 5) is 0. The van der Waals surface area contributed by atoms with Gasteiger partial charge in [0.2, 0.25) is 0 Å². The lowest BCUT2D eigenvalue weighted by molar-refractivity contribution is -0.991. The lowest BCUT2D eigenvalue weighted by atomic mass is 10.3. The van der Waals surface area contributed by atoms with Crippen LogP contribution in [0, 0.1) is 5.21 Å². The number of hydrogen-bond donors (Lipinski definition) is 2. The first kappa shape index (κ1) is 8.00. The van der Waals surface area contributed by atoms with Crippen molar-refractivity contribution in [1.82, 2.24) is 0 Å². The molecule has 1 aromatic carbocycles. The van der Waals surface area contributed by atoms with Crippen LogP contribution in [0.25, 0.3) is 0 Å². The summed E-state index contributed by atoms with van der Waals surface area (Å²) in [5, 5.41) is 17.9. The number of methoxy groups -OCH3 is 1. The van der Waals surface area contributed by atoms with E-state index in [1.807, 2.05) is 0 Å². The lowest BCUT2D eigenvalue weighted by Gasteiger charge is -2.10. The van der Waals surface area contributed by atoms with Gasteiger partial charge in [0.05, 0.1) is 7.11 Å². The van der Waals surface area contributed by atoms with Gasteiger partial charge in [0.25, 0.3) is 0 Å². The Morgan fingerprint density at radius 2 is 1.91 bits per heavy atom. The first-order chi connectivity index (χ1) is 5.24. The fourth-order valence-electron chi connectivity index (χ4n) is 0.734. The highest BCUT2D eigenvalue weighted by Gasteiger charge is 1.97. The maximum atomic E-state index is 10.4. The van der Waals surface area contributed by atoms with Gasteiger partial charge < -0.3 is 9.94 Å². The van der Waals surface area contributed by atoms with E-state index in [9.17, 15) is 5.21 Å². The number of ether oxygens (including phenoxy) is 1. The molecule has 0 saturated carbocycles. The lowest BCUT2D eigenvalue weighted by Crippen LogP contribution is -2.99. The van der Waals surface area contributed by atoms with E-state index in [0.717, 1.165) is 0 Å². The van der Waals surface area contributed by atoms with Crippen molar-refractivity contribution >= 4 is 5.69 Å². The minimum absolute atomic E-state index is 0.269. The molecule has 2 N–H and O–H groups in total. The third kappa shape index (κ3) is 1.91. The fourth-order valence-corrected chi connectivity index (χ4v) is 0.734. The third-order valence-corrected chi connectivity index (χ3v) is 1.34. The van der Waals surface area contributed by atoms with Crippen LogP contribution >= 0.6 is 0 Å². The molecule has 0 aliphatic heterocycles. The molecule has 0 aliphatic rings. The van der Waals surface area contributed by atoms with Gasteiger partial charge in [-0.2, -0.15) is 5.23 Å². The van der Waals surface area contributed by atoms with E-state index >= 15 is 0 Å². The van der Waals surface area contributed by atoms with Crippen molar-refractivity contribution < 1.29 is 15.2 Å². The molecule has 4 nitrogen and oxygen atoms in total. The Morgan fingerprint density at radius 1 is 1.36 bits per heavy atom. The Morgan fingerprint density at radius 3 is 2.27 bits per heavy atom. The zero-order chi connectivity index (χ0) is 8.27. The second kappa shape index (κ2) is 3.34. The summed E-state index contributed by atoms with van der Waals surface area (Å²) in [6.45, 7) is 0. The molecule has 1 rings (SSSR count). The van der Waals surface area contributed by atoms with Crippen molar-refractivity contribution in [2.45, 2.75) is 0 Å². The number of quaternary nitrogens is 1. The SMILES string of the molecule is COc1ccc([NH+]([O-])O)cc1. The Kier molecular flexibility index (Phi) is 2.43. The number of nitrogens with one attached hydrogen (secondary N) is 1. The topological polar surface area (TPSA) is 57.0 Å². The van der Waals surface area contributed by atoms with Crippen molar-refractivity contribution in [3.63, 3.8) is 0 Å². The summed E-state index contributed by atoms with van der Waals surface area (Å²) in [5.41, 5.74) is 0.269. The molecule has 11 heavy (non-hydrogen) atoms. The third-order valence-electron chi connectivity index (χ3n) is 1.34. The van der Waals surface area contributed by atoms with Gasteiger partial charge in [-0.05, 0) is 12.1 Å². The summed E-state index contributed by atoms with van der Waals surface area (Å²) in [5.74, 6) is 0.662. The Hall–Kier alpha value is -1.10. The maximum absolute atomic E-state index is 10.4. The van der Waals surface area contributed by atoms with Gasteiger partial charge in [-0.1, -0.05) is 0 Å². The first-order valence-electron chi connectivity index (χ1n) is 3.11. The van der Waals surface area contributed by atoms with Crippen molar-refractivity contribution in [1.29, 1.82) is 0 Å². The average Bonchev–Trinajstić information content (AvgIpc) is 2.05. The Balaban J connectivity index is 2.83. The molecular weight excluding hydrogens is 146 g/mol. The first-order valence-corrected chi connectivity index (χ1v) is 3.11. The summed E-state index contributed by atoms with van der Waals surface area (Å²) in [6, 6.07) is 6.23. The predicted molar refractivity (Wildman–Crippen MR) is 38.8 cm³/mol. The molecule has 0 fully saturated rings. The normalized spacial score (nSPS) is 12.6. The van der Waals surface area contributed by atoms with Crippen LogP contribution in [-0.2, 0) is 0 Å². The highest BCUT2D eigenvalue weighted by Crippen LogP contribution is 2.11. The molecule has 0 radical (unpaired) electrons. The molecule has 4 heteroatoms. The van der Waals surface area contributed by atoms with E-state index in [1.165, 1.54) is 19.2 Å². The second-order valence-corrected chi connectivity index (χ2v) is 2.03. The molecule has 0 saturated heterocycles. The average molecular weight is 155 g/mol. The Labute approximate surface area is 64.2 Å². The number of rotatable bonds is 2. The van der Waals surface area contributed by atoms with Gasteiger partial charge in [-0.25, -0.2) is 5.21 Å². The van der Waals surface area contributed by atoms with Gasteiger partial charge in [0, 0.05) is 12.1 Å². The zero-order valence-corrected chi connectivity index (χ0v) is 6.07. The van der Waals surface area contributed by atoms with Gasteiger partial charge in [0.1, 0.15) is 5.75 Å². The molecular formula is C7H9NO3. The summed E-state index contributed by atoms with van der Waals surface area (Å²) >= 11 is 0. The van der Waals surface area contributed by atoms with Gasteiger partial charge in [-0.3, -0.25) is 0 Å². The molecule has 0 spiro atoms. The van der Waals surface area contributed by atoms with Crippen LogP contribution in [0.2, 0.25) is 0 Å². The van der Waals surface area contributed by atoms with Crippen LogP contribution in [0.1, 0.15) is 0 Å². The molecule has 0 amide bonds. The maximum Gasteiger partial charge on any atom is 0.164 e. The van der Waals surface area contributed by atoms with Crippen LogP contribution in [-0.4, -0.2) is 12.3 Å². The van der Waals surface area contributed by atoms with E-state index < -0.39 is 5.23 Å². The molecule has 0 heterocycles. The van der Waals surface area contributed by atoms with Crippen molar-refractivity contribution in [2.75, 3.05) is 7.11 Å². The summed E-state index contributed by atoms with van der Waals surface area (Å²) < 4.78 is 4.86. The molecule has 1 aromatic rings. The van der Waals surface area contributed by atoms with E-state index in [-0.39, 0.29) is 5.69 Å². The van der Waals surface area contributed by atoms with Gasteiger partial charge in [-0.15, -0.1) is 0 Å². The zero-order valence-electron chi connectivity index (χ0n) is 6.07. The van der Waals surface area contributed by atoms with Crippen molar-refractivity contribution in [3.8, 4) is 5.75 Å². The molecule has 1 unspecified atom stereocenters. The summed E-state index contributed by atoms with van der Waals surface area (Å²) in [7, 11) is 1.54. The molecule has 0 bridgehead atoms. The van der Waals surface area contributed by atoms with Crippen LogP contribution in [0.3, 0.4) is 0 Å². The molecule has 1 atom stereocenters. The van der Waals surface area contributed by atoms with E-state index in [2.05, 4.69) is 0 Å². The minimum atomic E-state index is -0.923. The minimum Gasteiger partial charge on any atom is -0.595 e. The highest BCUT2D eigenvalue weighted by atomic mass is 16.8. The van der Waals surface area contributed by atoms with Crippen LogP contribution < -0.4 is 9.96 Å².